The molecule has 1 heterocycles. The Kier molecular flexibility index (Phi) is 6.61. The van der Waals surface area contributed by atoms with Crippen LogP contribution in [0, 0.1) is 5.92 Å². The first kappa shape index (κ1) is 20.5. The van der Waals surface area contributed by atoms with E-state index >= 15 is 0 Å². The molecule has 2 N–H and O–H groups in total. The number of amides is 2. The molecule has 3 rings (SSSR count). The quantitative estimate of drug-likeness (QED) is 0.783. The first-order valence-corrected chi connectivity index (χ1v) is 9.50. The topological polar surface area (TPSA) is 95.9 Å². The summed E-state index contributed by atoms with van der Waals surface area (Å²) >= 11 is 0. The van der Waals surface area contributed by atoms with Crippen LogP contribution in [0.25, 0.3) is 0 Å². The van der Waals surface area contributed by atoms with Crippen LogP contribution in [0.3, 0.4) is 0 Å². The summed E-state index contributed by atoms with van der Waals surface area (Å²) in [5, 5.41) is 11.9. The zero-order chi connectivity index (χ0) is 20.8. The van der Waals surface area contributed by atoms with Crippen molar-refractivity contribution in [2.24, 2.45) is 5.92 Å². The van der Waals surface area contributed by atoms with E-state index in [1.165, 1.54) is 7.11 Å². The summed E-state index contributed by atoms with van der Waals surface area (Å²) in [6.45, 7) is 0.863. The molecule has 2 aromatic rings. The first-order valence-electron chi connectivity index (χ1n) is 9.50. The van der Waals surface area contributed by atoms with Crippen LogP contribution in [-0.4, -0.2) is 48.0 Å². The van der Waals surface area contributed by atoms with Crippen LogP contribution >= 0.6 is 0 Å². The number of piperidine rings is 1. The van der Waals surface area contributed by atoms with Gasteiger partial charge in [-0.2, -0.15) is 0 Å². The molecule has 1 aliphatic rings. The van der Waals surface area contributed by atoms with Gasteiger partial charge in [0.05, 0.1) is 5.92 Å². The highest BCUT2D eigenvalue weighted by atomic mass is 16.5. The Balaban J connectivity index is 1.60. The number of ether oxygens (including phenoxy) is 1. The molecule has 1 fully saturated rings. The van der Waals surface area contributed by atoms with E-state index in [0.717, 1.165) is 5.56 Å². The summed E-state index contributed by atoms with van der Waals surface area (Å²) in [4.78, 5) is 37.9. The second-order valence-electron chi connectivity index (χ2n) is 7.00. The largest absolute Gasteiger partial charge is 0.481 e. The normalized spacial score (nSPS) is 15.6. The lowest BCUT2D eigenvalue weighted by atomic mass is 9.96. The number of nitrogens with one attached hydrogen (secondary N) is 1. The fraction of sp³-hybridized carbons (Fsp3) is 0.318. The van der Waals surface area contributed by atoms with Crippen molar-refractivity contribution in [3.8, 4) is 0 Å². The molecule has 1 aliphatic heterocycles. The number of anilines is 1. The van der Waals surface area contributed by atoms with E-state index in [4.69, 9.17) is 9.84 Å². The monoisotopic (exact) mass is 396 g/mol. The number of carboxylic acid groups (broad SMARTS) is 1. The Morgan fingerprint density at radius 2 is 1.66 bits per heavy atom. The maximum atomic E-state index is 12.6. The average Bonchev–Trinajstić information content (AvgIpc) is 2.75. The van der Waals surface area contributed by atoms with Crippen molar-refractivity contribution in [2.45, 2.75) is 18.9 Å². The Hall–Kier alpha value is -3.19. The lowest BCUT2D eigenvalue weighted by Crippen LogP contribution is -2.40. The van der Waals surface area contributed by atoms with Crippen molar-refractivity contribution < 1.29 is 24.2 Å². The summed E-state index contributed by atoms with van der Waals surface area (Å²) in [6.07, 6.45) is 0.202. The SMILES string of the molecule is CO[C@@H](C(=O)Nc1ccc(C(=O)N2CCC(C(=O)O)CC2)cc1)c1ccccc1. The van der Waals surface area contributed by atoms with Gasteiger partial charge in [-0.05, 0) is 42.7 Å². The van der Waals surface area contributed by atoms with Crippen molar-refractivity contribution in [1.29, 1.82) is 0 Å². The van der Waals surface area contributed by atoms with E-state index in [2.05, 4.69) is 5.32 Å². The van der Waals surface area contributed by atoms with Gasteiger partial charge in [-0.1, -0.05) is 30.3 Å². The molecule has 29 heavy (non-hydrogen) atoms. The Bertz CT molecular complexity index is 859. The molecule has 0 aromatic heterocycles. The summed E-state index contributed by atoms with van der Waals surface area (Å²) < 4.78 is 5.32. The average molecular weight is 396 g/mol. The minimum atomic E-state index is -0.804. The van der Waals surface area contributed by atoms with Crippen LogP contribution < -0.4 is 5.32 Å². The highest BCUT2D eigenvalue weighted by molar-refractivity contribution is 5.97. The van der Waals surface area contributed by atoms with E-state index in [0.29, 0.717) is 37.2 Å². The number of benzene rings is 2. The second kappa shape index (κ2) is 9.34. The van der Waals surface area contributed by atoms with E-state index in [-0.39, 0.29) is 17.7 Å². The lowest BCUT2D eigenvalue weighted by Gasteiger charge is -2.30. The molecule has 1 saturated heterocycles. The number of likely N-dealkylation sites (tertiary alicyclic amines) is 1. The van der Waals surface area contributed by atoms with Gasteiger partial charge in [-0.15, -0.1) is 0 Å². The smallest absolute Gasteiger partial charge is 0.306 e. The highest BCUT2D eigenvalue weighted by Gasteiger charge is 2.27. The van der Waals surface area contributed by atoms with Gasteiger partial charge >= 0.3 is 5.97 Å². The zero-order valence-corrected chi connectivity index (χ0v) is 16.2. The van der Waals surface area contributed by atoms with E-state index in [1.54, 1.807) is 29.2 Å². The number of carbonyl (C=O) groups excluding carboxylic acids is 2. The van der Waals surface area contributed by atoms with Gasteiger partial charge in [0.2, 0.25) is 0 Å². The van der Waals surface area contributed by atoms with Crippen molar-refractivity contribution >= 4 is 23.5 Å². The number of carboxylic acids is 1. The molecule has 7 heteroatoms. The summed E-state index contributed by atoms with van der Waals surface area (Å²) in [5.74, 6) is -1.61. The van der Waals surface area contributed by atoms with Crippen LogP contribution in [0.5, 0.6) is 0 Å². The number of hydrogen-bond donors (Lipinski definition) is 2. The molecule has 0 radical (unpaired) electrons. The van der Waals surface area contributed by atoms with Crippen LogP contribution in [0.4, 0.5) is 5.69 Å². The van der Waals surface area contributed by atoms with Gasteiger partial charge in [0.15, 0.2) is 6.10 Å². The Morgan fingerprint density at radius 3 is 2.21 bits per heavy atom. The van der Waals surface area contributed by atoms with Crippen LogP contribution in [-0.2, 0) is 14.3 Å². The van der Waals surface area contributed by atoms with Crippen LogP contribution in [0.15, 0.2) is 54.6 Å². The fourth-order valence-corrected chi connectivity index (χ4v) is 3.44. The van der Waals surface area contributed by atoms with Crippen molar-refractivity contribution in [3.05, 3.63) is 65.7 Å². The third-order valence-corrected chi connectivity index (χ3v) is 5.11. The second-order valence-corrected chi connectivity index (χ2v) is 7.00. The van der Waals surface area contributed by atoms with Crippen molar-refractivity contribution in [1.82, 2.24) is 4.90 Å². The van der Waals surface area contributed by atoms with Gasteiger partial charge in [-0.25, -0.2) is 0 Å². The lowest BCUT2D eigenvalue weighted by molar-refractivity contribution is -0.143. The Morgan fingerprint density at radius 1 is 1.03 bits per heavy atom. The molecule has 0 aliphatic carbocycles. The zero-order valence-electron chi connectivity index (χ0n) is 16.2. The predicted octanol–water partition coefficient (Wildman–Crippen LogP) is 2.95. The van der Waals surface area contributed by atoms with Crippen molar-refractivity contribution in [2.75, 3.05) is 25.5 Å². The number of carbonyl (C=O) groups is 3. The minimum absolute atomic E-state index is 0.134. The number of methoxy groups -OCH3 is 1. The molecule has 2 amide bonds. The molecule has 152 valence electrons. The summed E-state index contributed by atoms with van der Waals surface area (Å²) in [6, 6.07) is 15.9. The molecule has 1 atom stereocenters. The molecule has 0 saturated carbocycles. The Labute approximate surface area is 169 Å². The maximum absolute atomic E-state index is 12.6. The van der Waals surface area contributed by atoms with Gasteiger partial charge in [-0.3, -0.25) is 14.4 Å². The molecular formula is C22H24N2O5. The van der Waals surface area contributed by atoms with Crippen LogP contribution in [0.1, 0.15) is 34.9 Å². The van der Waals surface area contributed by atoms with Gasteiger partial charge in [0.25, 0.3) is 11.8 Å². The summed E-state index contributed by atoms with van der Waals surface area (Å²) in [5.41, 5.74) is 1.82. The van der Waals surface area contributed by atoms with Gasteiger partial charge < -0.3 is 20.1 Å². The third-order valence-electron chi connectivity index (χ3n) is 5.11. The van der Waals surface area contributed by atoms with E-state index in [9.17, 15) is 14.4 Å². The maximum Gasteiger partial charge on any atom is 0.306 e. The number of aliphatic carboxylic acids is 1. The predicted molar refractivity (Wildman–Crippen MR) is 108 cm³/mol. The molecule has 0 spiro atoms. The van der Waals surface area contributed by atoms with E-state index in [1.807, 2.05) is 30.3 Å². The van der Waals surface area contributed by atoms with E-state index < -0.39 is 12.1 Å². The molecule has 0 bridgehead atoms. The summed E-state index contributed by atoms with van der Waals surface area (Å²) in [7, 11) is 1.48. The fourth-order valence-electron chi connectivity index (χ4n) is 3.44. The number of rotatable bonds is 6. The standard InChI is InChI=1S/C22H24N2O5/c1-29-19(15-5-3-2-4-6-15)20(25)23-18-9-7-16(8-10-18)21(26)24-13-11-17(12-14-24)22(27)28/h2-10,17,19H,11-14H2,1H3,(H,23,25)(H,27,28)/t19-/m1/s1. The van der Waals surface area contributed by atoms with Gasteiger partial charge in [0, 0.05) is 31.5 Å². The number of hydrogen-bond acceptors (Lipinski definition) is 4. The van der Waals surface area contributed by atoms with Crippen molar-refractivity contribution in [3.63, 3.8) is 0 Å². The van der Waals surface area contributed by atoms with Crippen LogP contribution in [0.2, 0.25) is 0 Å². The highest BCUT2D eigenvalue weighted by Crippen LogP contribution is 2.21. The molecular weight excluding hydrogens is 372 g/mol. The minimum Gasteiger partial charge on any atom is -0.481 e. The molecule has 0 unspecified atom stereocenters. The third kappa shape index (κ3) is 5.00. The number of nitrogens with zero attached hydrogens (tertiary/aromatic N) is 1. The molecule has 2 aromatic carbocycles. The van der Waals surface area contributed by atoms with Gasteiger partial charge in [0.1, 0.15) is 0 Å². The first-order chi connectivity index (χ1) is 14.0. The molecule has 7 nitrogen and oxygen atoms in total.